The molecule has 150 valence electrons. The first-order chi connectivity index (χ1) is 13.7. The molecule has 0 spiro atoms. The fourth-order valence-corrected chi connectivity index (χ4v) is 3.29. The standard InChI is InChI=1S/C22H26ClNO4/c1-2-26-19-6-3-4-7-20(19)27-14-5-8-22(25)24-13-15-28-21(16-24)17-9-11-18(23)12-10-17/h3-4,6-7,9-12,21H,2,5,8,13-16H2,1H3. The number of para-hydroxylation sites is 2. The van der Waals surface area contributed by atoms with Crippen LogP contribution in [0.25, 0.3) is 0 Å². The van der Waals surface area contributed by atoms with E-state index < -0.39 is 0 Å². The molecule has 0 bridgehead atoms. The third-order valence-corrected chi connectivity index (χ3v) is 4.85. The lowest BCUT2D eigenvalue weighted by molar-refractivity contribution is -0.139. The summed E-state index contributed by atoms with van der Waals surface area (Å²) in [6.45, 7) is 4.73. The molecular formula is C22H26ClNO4. The molecule has 0 aliphatic carbocycles. The van der Waals surface area contributed by atoms with Crippen molar-refractivity contribution in [2.45, 2.75) is 25.9 Å². The Morgan fingerprint density at radius 3 is 2.57 bits per heavy atom. The Balaban J connectivity index is 1.45. The maximum atomic E-state index is 12.6. The van der Waals surface area contributed by atoms with Gasteiger partial charge in [-0.15, -0.1) is 0 Å². The Morgan fingerprint density at radius 2 is 1.86 bits per heavy atom. The Hall–Kier alpha value is -2.24. The predicted molar refractivity (Wildman–Crippen MR) is 109 cm³/mol. The van der Waals surface area contributed by atoms with Gasteiger partial charge >= 0.3 is 0 Å². The summed E-state index contributed by atoms with van der Waals surface area (Å²) in [5.74, 6) is 1.57. The van der Waals surface area contributed by atoms with E-state index in [-0.39, 0.29) is 12.0 Å². The van der Waals surface area contributed by atoms with Crippen molar-refractivity contribution in [3.05, 3.63) is 59.1 Å². The molecule has 28 heavy (non-hydrogen) atoms. The number of ether oxygens (including phenoxy) is 3. The summed E-state index contributed by atoms with van der Waals surface area (Å²) in [5, 5.41) is 0.693. The molecule has 0 N–H and O–H groups in total. The summed E-state index contributed by atoms with van der Waals surface area (Å²) < 4.78 is 17.2. The van der Waals surface area contributed by atoms with Crippen LogP contribution in [0.1, 0.15) is 31.4 Å². The molecule has 5 nitrogen and oxygen atoms in total. The molecule has 3 rings (SSSR count). The summed E-state index contributed by atoms with van der Waals surface area (Å²) in [7, 11) is 0. The highest BCUT2D eigenvalue weighted by Gasteiger charge is 2.25. The second kappa shape index (κ2) is 10.3. The zero-order chi connectivity index (χ0) is 19.8. The number of benzene rings is 2. The second-order valence-electron chi connectivity index (χ2n) is 6.58. The van der Waals surface area contributed by atoms with Crippen LogP contribution in [0.15, 0.2) is 48.5 Å². The van der Waals surface area contributed by atoms with Crippen LogP contribution in [0.4, 0.5) is 0 Å². The quantitative estimate of drug-likeness (QED) is 0.609. The van der Waals surface area contributed by atoms with E-state index in [0.29, 0.717) is 56.5 Å². The molecule has 1 atom stereocenters. The number of carbonyl (C=O) groups excluding carboxylic acids is 1. The minimum absolute atomic E-state index is 0.107. The second-order valence-corrected chi connectivity index (χ2v) is 7.02. The zero-order valence-corrected chi connectivity index (χ0v) is 16.9. The Morgan fingerprint density at radius 1 is 1.14 bits per heavy atom. The van der Waals surface area contributed by atoms with E-state index in [1.54, 1.807) is 0 Å². The normalized spacial score (nSPS) is 16.6. The van der Waals surface area contributed by atoms with Gasteiger partial charge in [0.1, 0.15) is 6.10 Å². The number of rotatable bonds is 8. The van der Waals surface area contributed by atoms with E-state index in [1.807, 2.05) is 60.4 Å². The number of hydrogen-bond acceptors (Lipinski definition) is 4. The van der Waals surface area contributed by atoms with E-state index in [1.165, 1.54) is 0 Å². The number of nitrogens with zero attached hydrogens (tertiary/aromatic N) is 1. The first-order valence-corrected chi connectivity index (χ1v) is 10.0. The van der Waals surface area contributed by atoms with Gasteiger partial charge in [0.2, 0.25) is 5.91 Å². The maximum absolute atomic E-state index is 12.6. The van der Waals surface area contributed by atoms with Crippen molar-refractivity contribution in [3.8, 4) is 11.5 Å². The summed E-state index contributed by atoms with van der Waals surface area (Å²) in [6, 6.07) is 15.2. The number of morpholine rings is 1. The van der Waals surface area contributed by atoms with Crippen molar-refractivity contribution in [2.24, 2.45) is 0 Å². The van der Waals surface area contributed by atoms with E-state index in [9.17, 15) is 4.79 Å². The molecule has 1 fully saturated rings. The van der Waals surface area contributed by atoms with Gasteiger partial charge in [-0.25, -0.2) is 0 Å². The summed E-state index contributed by atoms with van der Waals surface area (Å²) in [5.41, 5.74) is 1.04. The van der Waals surface area contributed by atoms with Gasteiger partial charge in [-0.05, 0) is 43.2 Å². The number of hydrogen-bond donors (Lipinski definition) is 0. The van der Waals surface area contributed by atoms with Crippen LogP contribution >= 0.6 is 11.6 Å². The Bertz CT molecular complexity index is 765. The molecule has 1 aliphatic heterocycles. The van der Waals surface area contributed by atoms with Gasteiger partial charge in [0.25, 0.3) is 0 Å². The van der Waals surface area contributed by atoms with Crippen molar-refractivity contribution in [1.29, 1.82) is 0 Å². The van der Waals surface area contributed by atoms with Crippen LogP contribution < -0.4 is 9.47 Å². The minimum atomic E-state index is -0.107. The average molecular weight is 404 g/mol. The van der Waals surface area contributed by atoms with Gasteiger partial charge in [-0.3, -0.25) is 4.79 Å². The van der Waals surface area contributed by atoms with Gasteiger partial charge in [0, 0.05) is 18.0 Å². The van der Waals surface area contributed by atoms with Gasteiger partial charge in [0.15, 0.2) is 11.5 Å². The molecule has 0 radical (unpaired) electrons. The highest BCUT2D eigenvalue weighted by molar-refractivity contribution is 6.30. The third-order valence-electron chi connectivity index (χ3n) is 4.60. The highest BCUT2D eigenvalue weighted by atomic mass is 35.5. The zero-order valence-electron chi connectivity index (χ0n) is 16.1. The van der Waals surface area contributed by atoms with Crippen molar-refractivity contribution in [2.75, 3.05) is 32.9 Å². The van der Waals surface area contributed by atoms with Gasteiger partial charge in [-0.2, -0.15) is 0 Å². The van der Waals surface area contributed by atoms with Gasteiger partial charge < -0.3 is 19.1 Å². The lowest BCUT2D eigenvalue weighted by Gasteiger charge is -2.33. The summed E-state index contributed by atoms with van der Waals surface area (Å²) >= 11 is 5.95. The van der Waals surface area contributed by atoms with Crippen LogP contribution in [-0.2, 0) is 9.53 Å². The van der Waals surface area contributed by atoms with E-state index >= 15 is 0 Å². The van der Waals surface area contributed by atoms with Crippen LogP contribution in [0.2, 0.25) is 5.02 Å². The van der Waals surface area contributed by atoms with Crippen LogP contribution in [-0.4, -0.2) is 43.7 Å². The van der Waals surface area contributed by atoms with E-state index in [4.69, 9.17) is 25.8 Å². The first kappa shape index (κ1) is 20.5. The number of carbonyl (C=O) groups is 1. The molecule has 1 amide bonds. The topological polar surface area (TPSA) is 48.0 Å². The smallest absolute Gasteiger partial charge is 0.222 e. The van der Waals surface area contributed by atoms with Crippen LogP contribution in [0, 0.1) is 0 Å². The SMILES string of the molecule is CCOc1ccccc1OCCCC(=O)N1CCOC(c2ccc(Cl)cc2)C1. The maximum Gasteiger partial charge on any atom is 0.222 e. The number of halogens is 1. The summed E-state index contributed by atoms with van der Waals surface area (Å²) in [6.07, 6.45) is 0.996. The predicted octanol–water partition coefficient (Wildman–Crippen LogP) is 4.50. The van der Waals surface area contributed by atoms with Gasteiger partial charge in [0.05, 0.1) is 26.4 Å². The van der Waals surface area contributed by atoms with Crippen molar-refractivity contribution >= 4 is 17.5 Å². The minimum Gasteiger partial charge on any atom is -0.490 e. The van der Waals surface area contributed by atoms with Crippen molar-refractivity contribution in [1.82, 2.24) is 4.90 Å². The fraction of sp³-hybridized carbons (Fsp3) is 0.409. The molecule has 2 aromatic rings. The molecule has 0 aromatic heterocycles. The van der Waals surface area contributed by atoms with Crippen LogP contribution in [0.3, 0.4) is 0 Å². The molecule has 1 aliphatic rings. The van der Waals surface area contributed by atoms with Crippen LogP contribution in [0.5, 0.6) is 11.5 Å². The Labute approximate surface area is 171 Å². The lowest BCUT2D eigenvalue weighted by atomic mass is 10.1. The molecule has 0 saturated carbocycles. The van der Waals surface area contributed by atoms with Crippen molar-refractivity contribution < 1.29 is 19.0 Å². The summed E-state index contributed by atoms with van der Waals surface area (Å²) in [4.78, 5) is 14.5. The molecule has 6 heteroatoms. The van der Waals surface area contributed by atoms with E-state index in [2.05, 4.69) is 0 Å². The lowest BCUT2D eigenvalue weighted by Crippen LogP contribution is -2.42. The molecule has 2 aromatic carbocycles. The monoisotopic (exact) mass is 403 g/mol. The molecule has 1 saturated heterocycles. The fourth-order valence-electron chi connectivity index (χ4n) is 3.16. The average Bonchev–Trinajstić information content (AvgIpc) is 2.73. The molecule has 1 unspecified atom stereocenters. The van der Waals surface area contributed by atoms with E-state index in [0.717, 1.165) is 11.3 Å². The van der Waals surface area contributed by atoms with Crippen molar-refractivity contribution in [3.63, 3.8) is 0 Å². The largest absolute Gasteiger partial charge is 0.490 e. The molecular weight excluding hydrogens is 378 g/mol. The highest BCUT2D eigenvalue weighted by Crippen LogP contribution is 2.27. The van der Waals surface area contributed by atoms with Gasteiger partial charge in [-0.1, -0.05) is 35.9 Å². The Kier molecular flexibility index (Phi) is 7.57. The third kappa shape index (κ3) is 5.63. The first-order valence-electron chi connectivity index (χ1n) is 9.67. The number of amides is 1. The molecule has 1 heterocycles.